The second-order valence-electron chi connectivity index (χ2n) is 4.89. The molecule has 0 radical (unpaired) electrons. The Balaban J connectivity index is 0.00000147. The van der Waals surface area contributed by atoms with E-state index >= 15 is 0 Å². The van der Waals surface area contributed by atoms with Crippen LogP contribution in [0, 0.1) is 0 Å². The van der Waals surface area contributed by atoms with E-state index in [0.717, 1.165) is 24.9 Å². The van der Waals surface area contributed by atoms with Gasteiger partial charge in [-0.1, -0.05) is 6.07 Å². The van der Waals surface area contributed by atoms with Gasteiger partial charge in [0.2, 0.25) is 0 Å². The monoisotopic (exact) mass is 292 g/mol. The van der Waals surface area contributed by atoms with Crippen molar-refractivity contribution in [2.45, 2.75) is 25.3 Å². The maximum absolute atomic E-state index is 12.1. The van der Waals surface area contributed by atoms with Crippen molar-refractivity contribution in [2.75, 3.05) is 5.73 Å². The highest BCUT2D eigenvalue weighted by molar-refractivity contribution is 5.94. The Hall–Kier alpha value is -1.94. The lowest BCUT2D eigenvalue weighted by Gasteiger charge is -2.26. The Bertz CT molecular complexity index is 596. The lowest BCUT2D eigenvalue weighted by Crippen LogP contribution is -2.30. The summed E-state index contributed by atoms with van der Waals surface area (Å²) in [6.07, 6.45) is 6.01. The van der Waals surface area contributed by atoms with Crippen molar-refractivity contribution in [2.24, 2.45) is 0 Å². The summed E-state index contributed by atoms with van der Waals surface area (Å²) in [6, 6.07) is 7.64. The minimum Gasteiger partial charge on any atom is -0.472 e. The van der Waals surface area contributed by atoms with Crippen LogP contribution in [0.15, 0.2) is 41.2 Å². The van der Waals surface area contributed by atoms with Gasteiger partial charge < -0.3 is 15.5 Å². The fourth-order valence-corrected chi connectivity index (χ4v) is 2.62. The number of nitrogens with one attached hydrogen (secondary N) is 1. The summed E-state index contributed by atoms with van der Waals surface area (Å²) in [6.45, 7) is 0. The van der Waals surface area contributed by atoms with Gasteiger partial charge in [0.25, 0.3) is 5.91 Å². The Morgan fingerprint density at radius 2 is 2.20 bits per heavy atom. The van der Waals surface area contributed by atoms with Crippen LogP contribution in [-0.2, 0) is 6.42 Å². The van der Waals surface area contributed by atoms with Crippen molar-refractivity contribution in [3.05, 3.63) is 53.5 Å². The predicted octanol–water partition coefficient (Wildman–Crippen LogP) is 3.09. The smallest absolute Gasteiger partial charge is 0.255 e. The zero-order valence-electron chi connectivity index (χ0n) is 11.0. The largest absolute Gasteiger partial charge is 0.472 e. The summed E-state index contributed by atoms with van der Waals surface area (Å²) < 4.78 is 4.93. The SMILES string of the molecule is Cl.Nc1ccc2c(c1)CCCC2NC(=O)c1ccoc1. The number of carbonyl (C=O) groups is 1. The lowest BCUT2D eigenvalue weighted by molar-refractivity contribution is 0.0932. The van der Waals surface area contributed by atoms with Gasteiger partial charge in [0, 0.05) is 5.69 Å². The number of anilines is 1. The van der Waals surface area contributed by atoms with Crippen LogP contribution in [0.4, 0.5) is 5.69 Å². The molecule has 0 saturated carbocycles. The van der Waals surface area contributed by atoms with E-state index in [2.05, 4.69) is 5.32 Å². The normalized spacial score (nSPS) is 16.9. The van der Waals surface area contributed by atoms with E-state index in [9.17, 15) is 4.79 Å². The summed E-state index contributed by atoms with van der Waals surface area (Å²) in [4.78, 5) is 12.1. The highest BCUT2D eigenvalue weighted by Crippen LogP contribution is 2.31. The van der Waals surface area contributed by atoms with E-state index < -0.39 is 0 Å². The quantitative estimate of drug-likeness (QED) is 0.836. The molecule has 3 rings (SSSR count). The van der Waals surface area contributed by atoms with Crippen molar-refractivity contribution < 1.29 is 9.21 Å². The Morgan fingerprint density at radius 3 is 2.95 bits per heavy atom. The van der Waals surface area contributed by atoms with E-state index in [1.54, 1.807) is 6.07 Å². The molecule has 1 atom stereocenters. The third-order valence-electron chi connectivity index (χ3n) is 3.57. The van der Waals surface area contributed by atoms with Crippen LogP contribution in [0.5, 0.6) is 0 Å². The molecule has 0 fully saturated rings. The second kappa shape index (κ2) is 6.01. The van der Waals surface area contributed by atoms with Crippen LogP contribution in [-0.4, -0.2) is 5.91 Å². The van der Waals surface area contributed by atoms with Crippen LogP contribution >= 0.6 is 12.4 Å². The van der Waals surface area contributed by atoms with Gasteiger partial charge in [-0.3, -0.25) is 4.79 Å². The molecule has 1 amide bonds. The number of aryl methyl sites for hydroxylation is 1. The Kier molecular flexibility index (Phi) is 4.35. The molecule has 3 N–H and O–H groups in total. The molecule has 0 bridgehead atoms. The number of amides is 1. The summed E-state index contributed by atoms with van der Waals surface area (Å²) in [7, 11) is 0. The van der Waals surface area contributed by atoms with Crippen LogP contribution in [0.1, 0.15) is 40.4 Å². The molecule has 1 aromatic carbocycles. The van der Waals surface area contributed by atoms with Crippen LogP contribution in [0.25, 0.3) is 0 Å². The minimum atomic E-state index is -0.0941. The van der Waals surface area contributed by atoms with Crippen molar-refractivity contribution in [3.8, 4) is 0 Å². The number of fused-ring (bicyclic) bond motifs is 1. The van der Waals surface area contributed by atoms with Crippen molar-refractivity contribution >= 4 is 24.0 Å². The van der Waals surface area contributed by atoms with Crippen LogP contribution in [0.3, 0.4) is 0 Å². The fraction of sp³-hybridized carbons (Fsp3) is 0.267. The molecule has 1 aromatic heterocycles. The fourth-order valence-electron chi connectivity index (χ4n) is 2.62. The van der Waals surface area contributed by atoms with Crippen molar-refractivity contribution in [1.29, 1.82) is 0 Å². The first-order chi connectivity index (χ1) is 9.24. The predicted molar refractivity (Wildman–Crippen MR) is 80.0 cm³/mol. The molecule has 5 heteroatoms. The summed E-state index contributed by atoms with van der Waals surface area (Å²) >= 11 is 0. The number of rotatable bonds is 2. The number of halogens is 1. The molecule has 2 aromatic rings. The Labute approximate surface area is 123 Å². The highest BCUT2D eigenvalue weighted by Gasteiger charge is 2.22. The number of hydrogen-bond donors (Lipinski definition) is 2. The van der Waals surface area contributed by atoms with Gasteiger partial charge in [-0.25, -0.2) is 0 Å². The summed E-state index contributed by atoms with van der Waals surface area (Å²) in [5.74, 6) is -0.0941. The van der Waals surface area contributed by atoms with Crippen LogP contribution < -0.4 is 11.1 Å². The molecule has 4 nitrogen and oxygen atoms in total. The molecule has 1 unspecified atom stereocenters. The number of benzene rings is 1. The summed E-state index contributed by atoms with van der Waals surface area (Å²) in [5, 5.41) is 3.06. The molecule has 1 aliphatic rings. The molecule has 0 saturated heterocycles. The van der Waals surface area contributed by atoms with E-state index in [-0.39, 0.29) is 24.4 Å². The van der Waals surface area contributed by atoms with Gasteiger partial charge in [0.1, 0.15) is 6.26 Å². The average Bonchev–Trinajstić information content (AvgIpc) is 2.92. The molecule has 1 aliphatic carbocycles. The zero-order chi connectivity index (χ0) is 13.2. The minimum absolute atomic E-state index is 0. The Morgan fingerprint density at radius 1 is 1.35 bits per heavy atom. The number of carbonyl (C=O) groups excluding carboxylic acids is 1. The molecule has 106 valence electrons. The first kappa shape index (κ1) is 14.5. The highest BCUT2D eigenvalue weighted by atomic mass is 35.5. The first-order valence-electron chi connectivity index (χ1n) is 6.45. The van der Waals surface area contributed by atoms with Gasteiger partial charge in [0.05, 0.1) is 17.9 Å². The molecule has 1 heterocycles. The third-order valence-corrected chi connectivity index (χ3v) is 3.57. The molecule has 0 spiro atoms. The van der Waals surface area contributed by atoms with Gasteiger partial charge in [-0.05, 0) is 48.6 Å². The van der Waals surface area contributed by atoms with E-state index in [4.69, 9.17) is 10.2 Å². The van der Waals surface area contributed by atoms with E-state index in [1.165, 1.54) is 23.7 Å². The van der Waals surface area contributed by atoms with Crippen molar-refractivity contribution in [1.82, 2.24) is 5.32 Å². The number of hydrogen-bond acceptors (Lipinski definition) is 3. The first-order valence-corrected chi connectivity index (χ1v) is 6.45. The molecular formula is C15H17ClN2O2. The maximum atomic E-state index is 12.1. The third kappa shape index (κ3) is 2.80. The molecule has 0 aliphatic heterocycles. The van der Waals surface area contributed by atoms with Crippen LogP contribution in [0.2, 0.25) is 0 Å². The van der Waals surface area contributed by atoms with Gasteiger partial charge in [0.15, 0.2) is 0 Å². The van der Waals surface area contributed by atoms with E-state index in [1.807, 2.05) is 18.2 Å². The lowest BCUT2D eigenvalue weighted by atomic mass is 9.87. The average molecular weight is 293 g/mol. The molecule has 20 heavy (non-hydrogen) atoms. The standard InChI is InChI=1S/C15H16N2O2.ClH/c16-12-4-5-13-10(8-12)2-1-3-14(13)17-15(18)11-6-7-19-9-11;/h4-9,14H,1-3,16H2,(H,17,18);1H. The number of furan rings is 1. The maximum Gasteiger partial charge on any atom is 0.255 e. The number of nitrogens with two attached hydrogens (primary N) is 1. The number of nitrogen functional groups attached to an aromatic ring is 1. The van der Waals surface area contributed by atoms with E-state index in [0.29, 0.717) is 5.56 Å². The second-order valence-corrected chi connectivity index (χ2v) is 4.89. The van der Waals surface area contributed by atoms with Gasteiger partial charge in [-0.15, -0.1) is 12.4 Å². The topological polar surface area (TPSA) is 68.3 Å². The van der Waals surface area contributed by atoms with Gasteiger partial charge >= 0.3 is 0 Å². The molecular weight excluding hydrogens is 276 g/mol. The summed E-state index contributed by atoms with van der Waals surface area (Å²) in [5.41, 5.74) is 9.56. The zero-order valence-corrected chi connectivity index (χ0v) is 11.8. The van der Waals surface area contributed by atoms with Gasteiger partial charge in [-0.2, -0.15) is 0 Å². The van der Waals surface area contributed by atoms with Crippen molar-refractivity contribution in [3.63, 3.8) is 0 Å².